The van der Waals surface area contributed by atoms with E-state index in [1.165, 1.54) is 41.3 Å². The van der Waals surface area contributed by atoms with Gasteiger partial charge in [-0.2, -0.15) is 16.1 Å². The summed E-state index contributed by atoms with van der Waals surface area (Å²) in [6, 6.07) is 1.56. The van der Waals surface area contributed by atoms with Crippen LogP contribution in [0.2, 0.25) is 0 Å². The van der Waals surface area contributed by atoms with Crippen LogP contribution in [0.5, 0.6) is 0 Å². The molecule has 3 rings (SSSR count). The molecular formula is C18H29N3O3S3. The summed E-state index contributed by atoms with van der Waals surface area (Å²) in [6.07, 6.45) is 6.05. The molecule has 2 aliphatic rings. The van der Waals surface area contributed by atoms with Crippen LogP contribution in [0.3, 0.4) is 0 Å². The maximum Gasteiger partial charge on any atom is 0.262 e. The van der Waals surface area contributed by atoms with Crippen molar-refractivity contribution in [2.45, 2.75) is 37.0 Å². The molecule has 0 spiro atoms. The number of nitrogens with one attached hydrogen (secondary N) is 1. The van der Waals surface area contributed by atoms with Crippen molar-refractivity contribution in [1.82, 2.24) is 14.5 Å². The highest BCUT2D eigenvalue weighted by Gasteiger charge is 2.31. The van der Waals surface area contributed by atoms with Gasteiger partial charge in [0.1, 0.15) is 9.77 Å². The number of likely N-dealkylation sites (tertiary alicyclic amines) is 1. The maximum atomic E-state index is 12.9. The number of carbonyl (C=O) groups is 1. The molecule has 152 valence electrons. The normalized spacial score (nSPS) is 20.3. The Bertz CT molecular complexity index is 706. The predicted octanol–water partition coefficient (Wildman–Crippen LogP) is 2.48. The lowest BCUT2D eigenvalue weighted by molar-refractivity contribution is 0.0952. The second-order valence-electron chi connectivity index (χ2n) is 7.00. The SMILES string of the molecule is O=C(NCCCN1CCCCCC1)c1sccc1S(=O)(=O)N1CCSCC1. The molecule has 6 nitrogen and oxygen atoms in total. The molecule has 0 aromatic carbocycles. The number of sulfonamides is 1. The summed E-state index contributed by atoms with van der Waals surface area (Å²) < 4.78 is 27.3. The van der Waals surface area contributed by atoms with Crippen molar-refractivity contribution in [3.8, 4) is 0 Å². The van der Waals surface area contributed by atoms with E-state index in [-0.39, 0.29) is 10.8 Å². The Morgan fingerprint density at radius 2 is 1.78 bits per heavy atom. The van der Waals surface area contributed by atoms with Gasteiger partial charge in [-0.1, -0.05) is 12.8 Å². The van der Waals surface area contributed by atoms with Gasteiger partial charge in [0.05, 0.1) is 0 Å². The summed E-state index contributed by atoms with van der Waals surface area (Å²) in [4.78, 5) is 15.5. The van der Waals surface area contributed by atoms with Crippen LogP contribution in [0.15, 0.2) is 16.3 Å². The van der Waals surface area contributed by atoms with E-state index >= 15 is 0 Å². The number of hydrogen-bond acceptors (Lipinski definition) is 6. The fourth-order valence-electron chi connectivity index (χ4n) is 3.54. The number of thiophene rings is 1. The molecule has 27 heavy (non-hydrogen) atoms. The van der Waals surface area contributed by atoms with Gasteiger partial charge in [-0.3, -0.25) is 4.79 Å². The zero-order valence-electron chi connectivity index (χ0n) is 15.7. The van der Waals surface area contributed by atoms with E-state index in [1.54, 1.807) is 23.2 Å². The number of carbonyl (C=O) groups excluding carboxylic acids is 1. The van der Waals surface area contributed by atoms with Crippen molar-refractivity contribution in [1.29, 1.82) is 0 Å². The van der Waals surface area contributed by atoms with Gasteiger partial charge in [-0.25, -0.2) is 8.42 Å². The molecule has 9 heteroatoms. The summed E-state index contributed by atoms with van der Waals surface area (Å²) in [5.41, 5.74) is 0. The highest BCUT2D eigenvalue weighted by Crippen LogP contribution is 2.27. The first kappa shape index (κ1) is 21.1. The first-order chi connectivity index (χ1) is 13.1. The van der Waals surface area contributed by atoms with E-state index in [0.29, 0.717) is 24.5 Å². The number of amides is 1. The molecule has 0 radical (unpaired) electrons. The summed E-state index contributed by atoms with van der Waals surface area (Å²) >= 11 is 2.97. The minimum Gasteiger partial charge on any atom is -0.351 e. The fourth-order valence-corrected chi connectivity index (χ4v) is 7.43. The lowest BCUT2D eigenvalue weighted by Crippen LogP contribution is -2.38. The van der Waals surface area contributed by atoms with Gasteiger partial charge in [0.15, 0.2) is 0 Å². The van der Waals surface area contributed by atoms with Gasteiger partial charge in [0.2, 0.25) is 10.0 Å². The fraction of sp³-hybridized carbons (Fsp3) is 0.722. The Balaban J connectivity index is 1.52. The van der Waals surface area contributed by atoms with Crippen LogP contribution in [0, 0.1) is 0 Å². The van der Waals surface area contributed by atoms with Crippen LogP contribution in [-0.2, 0) is 10.0 Å². The lowest BCUT2D eigenvalue weighted by Gasteiger charge is -2.25. The minimum absolute atomic E-state index is 0.157. The van der Waals surface area contributed by atoms with Crippen molar-refractivity contribution in [3.63, 3.8) is 0 Å². The molecule has 0 atom stereocenters. The van der Waals surface area contributed by atoms with Gasteiger partial charge in [0, 0.05) is 31.1 Å². The quantitative estimate of drug-likeness (QED) is 0.672. The van der Waals surface area contributed by atoms with Crippen LogP contribution in [0.4, 0.5) is 0 Å². The van der Waals surface area contributed by atoms with Gasteiger partial charge in [-0.05, 0) is 50.3 Å². The van der Waals surface area contributed by atoms with Crippen molar-refractivity contribution in [3.05, 3.63) is 16.3 Å². The summed E-state index contributed by atoms with van der Waals surface area (Å²) in [7, 11) is -3.58. The monoisotopic (exact) mass is 431 g/mol. The highest BCUT2D eigenvalue weighted by molar-refractivity contribution is 7.99. The molecule has 0 aliphatic carbocycles. The molecule has 1 aromatic heterocycles. The maximum absolute atomic E-state index is 12.9. The van der Waals surface area contributed by atoms with E-state index < -0.39 is 10.0 Å². The molecule has 1 N–H and O–H groups in total. The zero-order chi connectivity index (χ0) is 19.1. The lowest BCUT2D eigenvalue weighted by atomic mass is 10.2. The number of hydrogen-bond donors (Lipinski definition) is 1. The molecule has 3 heterocycles. The minimum atomic E-state index is -3.58. The third kappa shape index (κ3) is 5.69. The van der Waals surface area contributed by atoms with Crippen molar-refractivity contribution in [2.24, 2.45) is 0 Å². The average Bonchev–Trinajstić information content (AvgIpc) is 3.05. The molecule has 0 unspecified atom stereocenters. The third-order valence-corrected chi connectivity index (χ3v) is 8.98. The Kier molecular flexibility index (Phi) is 8.01. The van der Waals surface area contributed by atoms with Crippen LogP contribution >= 0.6 is 23.1 Å². The summed E-state index contributed by atoms with van der Waals surface area (Å²) in [6.45, 7) is 4.89. The van der Waals surface area contributed by atoms with Gasteiger partial charge >= 0.3 is 0 Å². The van der Waals surface area contributed by atoms with Crippen molar-refractivity contribution < 1.29 is 13.2 Å². The Morgan fingerprint density at radius 3 is 2.48 bits per heavy atom. The van der Waals surface area contributed by atoms with Gasteiger partial charge < -0.3 is 10.2 Å². The number of rotatable bonds is 7. The second-order valence-corrected chi connectivity index (χ2v) is 11.0. The topological polar surface area (TPSA) is 69.7 Å². The van der Waals surface area contributed by atoms with Crippen LogP contribution in [0.1, 0.15) is 41.8 Å². The zero-order valence-corrected chi connectivity index (χ0v) is 18.1. The molecule has 0 bridgehead atoms. The molecule has 2 fully saturated rings. The highest BCUT2D eigenvalue weighted by atomic mass is 32.2. The number of nitrogens with zero attached hydrogens (tertiary/aromatic N) is 2. The number of thioether (sulfide) groups is 1. The largest absolute Gasteiger partial charge is 0.351 e. The van der Waals surface area contributed by atoms with Crippen molar-refractivity contribution in [2.75, 3.05) is 50.8 Å². The first-order valence-electron chi connectivity index (χ1n) is 9.75. The smallest absolute Gasteiger partial charge is 0.262 e. The van der Waals surface area contributed by atoms with E-state index in [0.717, 1.165) is 37.6 Å². The third-order valence-electron chi connectivity index (χ3n) is 5.06. The molecular weight excluding hydrogens is 402 g/mol. The predicted molar refractivity (Wildman–Crippen MR) is 112 cm³/mol. The molecule has 1 amide bonds. The standard InChI is InChI=1S/C18H29N3O3S3/c22-18(19-7-5-10-20-8-3-1-2-4-9-20)17-16(6-13-26-17)27(23,24)21-11-14-25-15-12-21/h6,13H,1-5,7-12,14-15H2,(H,19,22). The van der Waals surface area contributed by atoms with Crippen molar-refractivity contribution >= 4 is 39.0 Å². The molecule has 0 saturated carbocycles. The molecule has 2 saturated heterocycles. The van der Waals surface area contributed by atoms with Gasteiger partial charge in [0.25, 0.3) is 5.91 Å². The van der Waals surface area contributed by atoms with Crippen LogP contribution in [0.25, 0.3) is 0 Å². The summed E-state index contributed by atoms with van der Waals surface area (Å²) in [5, 5.41) is 4.61. The second kappa shape index (κ2) is 10.2. The first-order valence-corrected chi connectivity index (χ1v) is 13.2. The average molecular weight is 432 g/mol. The van der Waals surface area contributed by atoms with E-state index in [1.807, 2.05) is 0 Å². The van der Waals surface area contributed by atoms with E-state index in [2.05, 4.69) is 10.2 Å². The Hall–Kier alpha value is -0.610. The van der Waals surface area contributed by atoms with E-state index in [9.17, 15) is 13.2 Å². The van der Waals surface area contributed by atoms with E-state index in [4.69, 9.17) is 0 Å². The van der Waals surface area contributed by atoms with Crippen LogP contribution < -0.4 is 5.32 Å². The Labute approximate surface area is 170 Å². The van der Waals surface area contributed by atoms with Crippen LogP contribution in [-0.4, -0.2) is 74.3 Å². The summed E-state index contributed by atoms with van der Waals surface area (Å²) in [5.74, 6) is 1.34. The molecule has 1 aromatic rings. The van der Waals surface area contributed by atoms with Gasteiger partial charge in [-0.15, -0.1) is 11.3 Å². The molecule has 2 aliphatic heterocycles. The Morgan fingerprint density at radius 1 is 1.07 bits per heavy atom.